The SMILES string of the molecule is CCOc1ccc(/C(O)=C2/C(=O)C(=O)N(c3ccc(C(F)(F)F)cc3)C2c2sccc2C)cc1. The minimum atomic E-state index is -4.54. The fourth-order valence-electron chi connectivity index (χ4n) is 3.85. The van der Waals surface area contributed by atoms with Crippen LogP contribution in [-0.2, 0) is 15.8 Å². The lowest BCUT2D eigenvalue weighted by atomic mass is 9.98. The Morgan fingerprint density at radius 3 is 2.24 bits per heavy atom. The van der Waals surface area contributed by atoms with Crippen molar-refractivity contribution in [3.8, 4) is 5.75 Å². The molecule has 1 amide bonds. The second-order valence-corrected chi connectivity index (χ2v) is 8.59. The minimum absolute atomic E-state index is 0.124. The molecule has 0 spiro atoms. The highest BCUT2D eigenvalue weighted by molar-refractivity contribution is 7.10. The van der Waals surface area contributed by atoms with E-state index >= 15 is 0 Å². The van der Waals surface area contributed by atoms with Gasteiger partial charge < -0.3 is 9.84 Å². The Balaban J connectivity index is 1.85. The molecule has 34 heavy (non-hydrogen) atoms. The lowest BCUT2D eigenvalue weighted by Crippen LogP contribution is -2.29. The third kappa shape index (κ3) is 4.19. The number of thiophene rings is 1. The number of rotatable bonds is 5. The number of hydrogen-bond donors (Lipinski definition) is 1. The summed E-state index contributed by atoms with van der Waals surface area (Å²) in [5, 5.41) is 12.9. The molecule has 1 aromatic heterocycles. The zero-order valence-electron chi connectivity index (χ0n) is 18.2. The molecule has 9 heteroatoms. The quantitative estimate of drug-likeness (QED) is 0.268. The first-order valence-corrected chi connectivity index (χ1v) is 11.3. The van der Waals surface area contributed by atoms with Gasteiger partial charge in [-0.25, -0.2) is 0 Å². The van der Waals surface area contributed by atoms with Crippen LogP contribution in [0, 0.1) is 6.92 Å². The Morgan fingerprint density at radius 2 is 1.71 bits per heavy atom. The molecule has 0 bridgehead atoms. The molecule has 0 saturated carbocycles. The maximum atomic E-state index is 13.1. The van der Waals surface area contributed by atoms with Gasteiger partial charge in [-0.2, -0.15) is 13.2 Å². The largest absolute Gasteiger partial charge is 0.507 e. The van der Waals surface area contributed by atoms with Crippen molar-refractivity contribution < 1.29 is 32.6 Å². The van der Waals surface area contributed by atoms with Crippen molar-refractivity contribution in [2.45, 2.75) is 26.1 Å². The molecule has 2 aromatic carbocycles. The van der Waals surface area contributed by atoms with Crippen molar-refractivity contribution in [1.82, 2.24) is 0 Å². The molecule has 0 aliphatic carbocycles. The van der Waals surface area contributed by atoms with Gasteiger partial charge in [-0.15, -0.1) is 11.3 Å². The van der Waals surface area contributed by atoms with Crippen LogP contribution in [0.5, 0.6) is 5.75 Å². The first-order valence-electron chi connectivity index (χ1n) is 10.4. The average Bonchev–Trinajstić information content (AvgIpc) is 3.34. The topological polar surface area (TPSA) is 66.8 Å². The summed E-state index contributed by atoms with van der Waals surface area (Å²) in [6, 6.07) is 11.3. The highest BCUT2D eigenvalue weighted by atomic mass is 32.1. The van der Waals surface area contributed by atoms with Gasteiger partial charge in [-0.05, 0) is 79.4 Å². The number of nitrogens with zero attached hydrogens (tertiary/aromatic N) is 1. The first-order chi connectivity index (χ1) is 16.1. The zero-order chi connectivity index (χ0) is 24.6. The number of hydrogen-bond acceptors (Lipinski definition) is 5. The molecule has 1 aliphatic heterocycles. The maximum Gasteiger partial charge on any atom is 0.416 e. The molecule has 2 heterocycles. The molecule has 1 fully saturated rings. The van der Waals surface area contributed by atoms with Crippen LogP contribution in [0.1, 0.15) is 34.5 Å². The summed E-state index contributed by atoms with van der Waals surface area (Å²) in [4.78, 5) is 28.0. The Morgan fingerprint density at radius 1 is 1.06 bits per heavy atom. The molecular formula is C25H20F3NO4S. The Bertz CT molecular complexity index is 1260. The number of ketones is 1. The summed E-state index contributed by atoms with van der Waals surface area (Å²) in [5.74, 6) is -1.63. The lowest BCUT2D eigenvalue weighted by molar-refractivity contribution is -0.137. The van der Waals surface area contributed by atoms with E-state index in [1.54, 1.807) is 36.6 Å². The third-order valence-electron chi connectivity index (χ3n) is 5.51. The van der Waals surface area contributed by atoms with Crippen molar-refractivity contribution in [3.05, 3.63) is 87.1 Å². The molecule has 1 unspecified atom stereocenters. The van der Waals surface area contributed by atoms with E-state index < -0.39 is 29.5 Å². The number of anilines is 1. The van der Waals surface area contributed by atoms with Gasteiger partial charge in [0.2, 0.25) is 0 Å². The third-order valence-corrected chi connectivity index (χ3v) is 6.58. The average molecular weight is 487 g/mol. The van der Waals surface area contributed by atoms with E-state index in [4.69, 9.17) is 4.74 Å². The second kappa shape index (κ2) is 8.98. The number of aliphatic hydroxyl groups excluding tert-OH is 1. The van der Waals surface area contributed by atoms with Crippen LogP contribution in [0.3, 0.4) is 0 Å². The van der Waals surface area contributed by atoms with Crippen molar-refractivity contribution >= 4 is 34.5 Å². The highest BCUT2D eigenvalue weighted by Crippen LogP contribution is 2.45. The van der Waals surface area contributed by atoms with Gasteiger partial charge >= 0.3 is 6.18 Å². The van der Waals surface area contributed by atoms with Gasteiger partial charge in [0.1, 0.15) is 17.6 Å². The normalized spacial score (nSPS) is 17.9. The summed E-state index contributed by atoms with van der Waals surface area (Å²) in [6.07, 6.45) is -4.54. The van der Waals surface area contributed by atoms with Crippen LogP contribution in [0.15, 0.2) is 65.6 Å². The molecule has 5 nitrogen and oxygen atoms in total. The van der Waals surface area contributed by atoms with E-state index in [1.165, 1.54) is 11.3 Å². The van der Waals surface area contributed by atoms with E-state index in [-0.39, 0.29) is 17.0 Å². The Hall–Kier alpha value is -3.59. The molecular weight excluding hydrogens is 467 g/mol. The number of aryl methyl sites for hydroxylation is 1. The maximum absolute atomic E-state index is 13.1. The molecule has 4 rings (SSSR count). The van der Waals surface area contributed by atoms with Gasteiger partial charge in [0.05, 0.1) is 17.7 Å². The summed E-state index contributed by atoms with van der Waals surface area (Å²) < 4.78 is 44.5. The molecule has 0 radical (unpaired) electrons. The highest BCUT2D eigenvalue weighted by Gasteiger charge is 2.48. The van der Waals surface area contributed by atoms with Crippen LogP contribution in [0.4, 0.5) is 18.9 Å². The smallest absolute Gasteiger partial charge is 0.416 e. The summed E-state index contributed by atoms with van der Waals surface area (Å²) in [7, 11) is 0. The molecule has 3 aromatic rings. The molecule has 1 aliphatic rings. The van der Waals surface area contributed by atoms with Gasteiger partial charge in [0, 0.05) is 16.1 Å². The number of alkyl halides is 3. The van der Waals surface area contributed by atoms with E-state index in [1.807, 2.05) is 13.0 Å². The number of halogens is 3. The number of Topliss-reactive ketones (excluding diaryl/α,β-unsaturated/α-hetero) is 1. The fourth-order valence-corrected chi connectivity index (χ4v) is 4.88. The van der Waals surface area contributed by atoms with Gasteiger partial charge in [0.15, 0.2) is 0 Å². The van der Waals surface area contributed by atoms with Crippen LogP contribution >= 0.6 is 11.3 Å². The first kappa shape index (κ1) is 23.6. The van der Waals surface area contributed by atoms with Crippen LogP contribution < -0.4 is 9.64 Å². The summed E-state index contributed by atoms with van der Waals surface area (Å²) >= 11 is 1.29. The predicted octanol–water partition coefficient (Wildman–Crippen LogP) is 6.10. The monoisotopic (exact) mass is 487 g/mol. The second-order valence-electron chi connectivity index (χ2n) is 7.64. The van der Waals surface area contributed by atoms with Crippen molar-refractivity contribution in [1.29, 1.82) is 0 Å². The molecule has 1 saturated heterocycles. The molecule has 1 N–H and O–H groups in total. The van der Waals surface area contributed by atoms with Gasteiger partial charge in [0.25, 0.3) is 11.7 Å². The zero-order valence-corrected chi connectivity index (χ0v) is 19.0. The predicted molar refractivity (Wildman–Crippen MR) is 123 cm³/mol. The minimum Gasteiger partial charge on any atom is -0.507 e. The number of carbonyl (C=O) groups is 2. The van der Waals surface area contributed by atoms with Crippen molar-refractivity contribution in [2.24, 2.45) is 0 Å². The number of ether oxygens (including phenoxy) is 1. The van der Waals surface area contributed by atoms with E-state index in [0.29, 0.717) is 22.8 Å². The summed E-state index contributed by atoms with van der Waals surface area (Å²) in [6.45, 7) is 4.09. The van der Waals surface area contributed by atoms with E-state index in [2.05, 4.69) is 0 Å². The summed E-state index contributed by atoms with van der Waals surface area (Å²) in [5.41, 5.74) is 0.226. The number of benzene rings is 2. The van der Waals surface area contributed by atoms with Crippen LogP contribution in [-0.4, -0.2) is 23.4 Å². The fraction of sp³-hybridized carbons (Fsp3) is 0.200. The van der Waals surface area contributed by atoms with Crippen molar-refractivity contribution in [2.75, 3.05) is 11.5 Å². The van der Waals surface area contributed by atoms with E-state index in [0.717, 1.165) is 34.7 Å². The molecule has 176 valence electrons. The Labute approximate surface area is 197 Å². The van der Waals surface area contributed by atoms with Crippen LogP contribution in [0.25, 0.3) is 5.76 Å². The Kier molecular flexibility index (Phi) is 6.22. The van der Waals surface area contributed by atoms with Gasteiger partial charge in [-0.3, -0.25) is 14.5 Å². The number of aliphatic hydroxyl groups is 1. The number of amides is 1. The lowest BCUT2D eigenvalue weighted by Gasteiger charge is -2.25. The van der Waals surface area contributed by atoms with E-state index in [9.17, 15) is 27.9 Å². The number of carbonyl (C=O) groups excluding carboxylic acids is 2. The standard InChI is InChI=1S/C25H20F3NO4S/c1-3-33-18-10-4-15(5-11-18)21(30)19-20(23-14(2)12-13-34-23)29(24(32)22(19)31)17-8-6-16(7-9-17)25(26,27)28/h4-13,20,30H,3H2,1-2H3/b21-19-. The van der Waals surface area contributed by atoms with Gasteiger partial charge in [-0.1, -0.05) is 0 Å². The van der Waals surface area contributed by atoms with Crippen LogP contribution in [0.2, 0.25) is 0 Å². The van der Waals surface area contributed by atoms with Crippen molar-refractivity contribution in [3.63, 3.8) is 0 Å². The molecule has 1 atom stereocenters.